The lowest BCUT2D eigenvalue weighted by atomic mass is 10.1. The molecular formula is C20H22FN9O4. The number of fused-ring (bicyclic) bond motifs is 1. The van der Waals surface area contributed by atoms with E-state index in [0.29, 0.717) is 29.9 Å². The summed E-state index contributed by atoms with van der Waals surface area (Å²) in [6.07, 6.45) is -0.248. The molecule has 4 atom stereocenters. The van der Waals surface area contributed by atoms with Crippen molar-refractivity contribution in [2.24, 2.45) is 5.11 Å². The monoisotopic (exact) mass is 471 g/mol. The minimum absolute atomic E-state index is 0.171. The molecule has 3 aromatic rings. The predicted octanol–water partition coefficient (Wildman–Crippen LogP) is 1.31. The maximum absolute atomic E-state index is 13.6. The molecule has 3 heterocycles. The van der Waals surface area contributed by atoms with E-state index in [-0.39, 0.29) is 5.75 Å². The van der Waals surface area contributed by atoms with Crippen molar-refractivity contribution in [1.29, 1.82) is 0 Å². The minimum Gasteiger partial charge on any atom is -0.494 e. The van der Waals surface area contributed by atoms with Crippen LogP contribution in [0, 0.1) is 5.82 Å². The maximum Gasteiger partial charge on any atom is 0.249 e. The van der Waals surface area contributed by atoms with Gasteiger partial charge in [0.25, 0.3) is 0 Å². The molecule has 1 fully saturated rings. The fourth-order valence-electron chi connectivity index (χ4n) is 3.79. The van der Waals surface area contributed by atoms with Gasteiger partial charge in [0.15, 0.2) is 34.8 Å². The molecule has 0 bridgehead atoms. The number of anilines is 1. The number of benzene rings is 1. The summed E-state index contributed by atoms with van der Waals surface area (Å²) < 4.78 is 25.8. The molecule has 1 amide bonds. The van der Waals surface area contributed by atoms with E-state index in [1.807, 2.05) is 0 Å². The van der Waals surface area contributed by atoms with Crippen LogP contribution in [0.4, 0.5) is 10.2 Å². The van der Waals surface area contributed by atoms with Crippen LogP contribution in [-0.4, -0.2) is 69.5 Å². The molecule has 13 nitrogen and oxygen atoms in total. The Kier molecular flexibility index (Phi) is 6.72. The summed E-state index contributed by atoms with van der Waals surface area (Å²) in [6, 6.07) is 3.52. The molecule has 1 aromatic carbocycles. The van der Waals surface area contributed by atoms with E-state index in [4.69, 9.17) is 15.0 Å². The van der Waals surface area contributed by atoms with Crippen molar-refractivity contribution < 1.29 is 23.8 Å². The van der Waals surface area contributed by atoms with Crippen LogP contribution in [0.5, 0.6) is 5.75 Å². The summed E-state index contributed by atoms with van der Waals surface area (Å²) in [4.78, 5) is 27.7. The van der Waals surface area contributed by atoms with Crippen molar-refractivity contribution in [3.8, 4) is 5.75 Å². The Hall–Kier alpha value is -4.00. The largest absolute Gasteiger partial charge is 0.494 e. The van der Waals surface area contributed by atoms with Crippen molar-refractivity contribution in [2.45, 2.75) is 30.9 Å². The molecule has 1 aliphatic heterocycles. The highest BCUT2D eigenvalue weighted by Crippen LogP contribution is 2.34. The number of likely N-dealkylation sites (N-methyl/N-ethyl adjacent to an activating group) is 1. The zero-order valence-corrected chi connectivity index (χ0v) is 18.3. The number of aliphatic hydroxyl groups excluding tert-OH is 1. The fraction of sp³-hybridized carbons (Fsp3) is 0.400. The molecule has 34 heavy (non-hydrogen) atoms. The van der Waals surface area contributed by atoms with Crippen molar-refractivity contribution in [3.63, 3.8) is 0 Å². The van der Waals surface area contributed by atoms with Crippen LogP contribution in [0.25, 0.3) is 21.6 Å². The molecule has 1 aliphatic rings. The number of methoxy groups -OCH3 is 1. The van der Waals surface area contributed by atoms with Gasteiger partial charge >= 0.3 is 0 Å². The van der Waals surface area contributed by atoms with Gasteiger partial charge in [-0.3, -0.25) is 9.36 Å². The normalized spacial score (nSPS) is 21.8. The smallest absolute Gasteiger partial charge is 0.249 e. The summed E-state index contributed by atoms with van der Waals surface area (Å²) in [6.45, 7) is 0.466. The van der Waals surface area contributed by atoms with Gasteiger partial charge < -0.3 is 25.2 Å². The summed E-state index contributed by atoms with van der Waals surface area (Å²) in [5.41, 5.74) is 10.5. The number of carbonyl (C=O) groups excluding carboxylic acids is 1. The van der Waals surface area contributed by atoms with Crippen LogP contribution in [0.3, 0.4) is 0 Å². The Bertz CT molecular complexity index is 1250. The molecule has 178 valence electrons. The summed E-state index contributed by atoms with van der Waals surface area (Å²) in [7, 11) is 2.82. The molecule has 1 saturated heterocycles. The van der Waals surface area contributed by atoms with E-state index in [0.717, 1.165) is 5.56 Å². The first-order valence-corrected chi connectivity index (χ1v) is 10.3. The lowest BCUT2D eigenvalue weighted by Crippen LogP contribution is -2.40. The van der Waals surface area contributed by atoms with Gasteiger partial charge in [-0.05, 0) is 29.6 Å². The topological polar surface area (TPSA) is 172 Å². The molecule has 0 spiro atoms. The highest BCUT2D eigenvalue weighted by Gasteiger charge is 2.48. The number of nitrogens with zero attached hydrogens (tertiary/aromatic N) is 7. The van der Waals surface area contributed by atoms with E-state index in [9.17, 15) is 14.3 Å². The number of azide groups is 1. The van der Waals surface area contributed by atoms with Crippen molar-refractivity contribution in [3.05, 3.63) is 52.7 Å². The van der Waals surface area contributed by atoms with Gasteiger partial charge in [0.1, 0.15) is 24.6 Å². The van der Waals surface area contributed by atoms with Gasteiger partial charge in [0.05, 0.1) is 13.4 Å². The maximum atomic E-state index is 13.6. The van der Waals surface area contributed by atoms with Crippen molar-refractivity contribution in [2.75, 3.05) is 26.0 Å². The van der Waals surface area contributed by atoms with E-state index in [1.165, 1.54) is 37.4 Å². The third-order valence-corrected chi connectivity index (χ3v) is 5.48. The van der Waals surface area contributed by atoms with Gasteiger partial charge in [0.2, 0.25) is 5.91 Å². The number of aliphatic hydroxyl groups is 1. The van der Waals surface area contributed by atoms with Crippen molar-refractivity contribution >= 4 is 22.9 Å². The third-order valence-electron chi connectivity index (χ3n) is 5.48. The van der Waals surface area contributed by atoms with Crippen LogP contribution >= 0.6 is 0 Å². The molecule has 0 radical (unpaired) electrons. The second-order valence-electron chi connectivity index (χ2n) is 7.44. The number of halogens is 1. The standard InChI is InChI=1S/C20H22FN9O4/c1-23-19(32)16-13(28-29-22)15(31)20(34-16)30-9-27-14-17(25-8-26-18(14)30)24-6-5-10-3-4-11(21)12(7-10)33-2/h3-4,7-9,13,15-16,20,31H,5-6H2,1-2H3,(H,23,32)(H,24,25,26). The van der Waals surface area contributed by atoms with Crippen LogP contribution in [0.15, 0.2) is 36.0 Å². The molecule has 14 heteroatoms. The number of rotatable bonds is 8. The zero-order valence-electron chi connectivity index (χ0n) is 18.3. The Balaban J connectivity index is 1.54. The second kappa shape index (κ2) is 9.87. The van der Waals surface area contributed by atoms with Gasteiger partial charge in [-0.1, -0.05) is 11.2 Å². The van der Waals surface area contributed by atoms with Gasteiger partial charge in [0, 0.05) is 18.5 Å². The molecule has 2 aromatic heterocycles. The van der Waals surface area contributed by atoms with Crippen LogP contribution < -0.4 is 15.4 Å². The van der Waals surface area contributed by atoms with E-state index in [2.05, 4.69) is 35.6 Å². The number of nitrogens with one attached hydrogen (secondary N) is 2. The molecule has 4 unspecified atom stereocenters. The van der Waals surface area contributed by atoms with Crippen LogP contribution in [-0.2, 0) is 16.0 Å². The number of hydrogen-bond donors (Lipinski definition) is 3. The average Bonchev–Trinajstić information content (AvgIpc) is 3.41. The average molecular weight is 471 g/mol. The Morgan fingerprint density at radius 1 is 1.41 bits per heavy atom. The minimum atomic E-state index is -1.31. The second-order valence-corrected chi connectivity index (χ2v) is 7.44. The van der Waals surface area contributed by atoms with Gasteiger partial charge in [-0.15, -0.1) is 0 Å². The molecule has 4 rings (SSSR count). The Labute approximate surface area is 192 Å². The highest BCUT2D eigenvalue weighted by atomic mass is 19.1. The highest BCUT2D eigenvalue weighted by molar-refractivity contribution is 5.83. The summed E-state index contributed by atoms with van der Waals surface area (Å²) in [5.74, 6) is -0.345. The lowest BCUT2D eigenvalue weighted by Gasteiger charge is -2.16. The molecule has 3 N–H and O–H groups in total. The third kappa shape index (κ3) is 4.29. The molecular weight excluding hydrogens is 449 g/mol. The van der Waals surface area contributed by atoms with E-state index >= 15 is 0 Å². The van der Waals surface area contributed by atoms with Gasteiger partial charge in [-0.25, -0.2) is 19.3 Å². The van der Waals surface area contributed by atoms with Crippen LogP contribution in [0.2, 0.25) is 0 Å². The fourth-order valence-corrected chi connectivity index (χ4v) is 3.79. The summed E-state index contributed by atoms with van der Waals surface area (Å²) in [5, 5.41) is 19.8. The van der Waals surface area contributed by atoms with E-state index < -0.39 is 36.2 Å². The first-order chi connectivity index (χ1) is 16.5. The Morgan fingerprint density at radius 2 is 2.24 bits per heavy atom. The number of hydrogen-bond acceptors (Lipinski definition) is 9. The van der Waals surface area contributed by atoms with Crippen LogP contribution in [0.1, 0.15) is 11.8 Å². The first kappa shape index (κ1) is 23.2. The van der Waals surface area contributed by atoms with Crippen molar-refractivity contribution in [1.82, 2.24) is 24.8 Å². The first-order valence-electron chi connectivity index (χ1n) is 10.3. The number of amides is 1. The number of aromatic nitrogens is 4. The molecule has 0 aliphatic carbocycles. The molecule has 0 saturated carbocycles. The number of imidazole rings is 1. The summed E-state index contributed by atoms with van der Waals surface area (Å²) >= 11 is 0. The number of ether oxygens (including phenoxy) is 2. The SMILES string of the molecule is CNC(=O)C1OC(n2cnc3c(NCCc4ccc(F)c(OC)c4)ncnc32)C(O)C1N=[N+]=[N-]. The zero-order chi connectivity index (χ0) is 24.2. The predicted molar refractivity (Wildman–Crippen MR) is 117 cm³/mol. The van der Waals surface area contributed by atoms with E-state index in [1.54, 1.807) is 12.1 Å². The Morgan fingerprint density at radius 3 is 2.97 bits per heavy atom. The lowest BCUT2D eigenvalue weighted by molar-refractivity contribution is -0.134. The quantitative estimate of drug-likeness (QED) is 0.251. The number of carbonyl (C=O) groups is 1. The van der Waals surface area contributed by atoms with Gasteiger partial charge in [-0.2, -0.15) is 0 Å².